The summed E-state index contributed by atoms with van der Waals surface area (Å²) in [6, 6.07) is 18.5. The Bertz CT molecular complexity index is 1250. The fourth-order valence-corrected chi connectivity index (χ4v) is 3.91. The average Bonchev–Trinajstić information content (AvgIpc) is 3.40. The van der Waals surface area contributed by atoms with Gasteiger partial charge in [0.25, 0.3) is 5.91 Å². The molecule has 0 saturated heterocycles. The Kier molecular flexibility index (Phi) is 6.94. The quantitative estimate of drug-likeness (QED) is 0.231. The standard InChI is InChI=1S/C22H18Cl2N6OS/c1-29-12-2-3-19(29)13-25-26-20(31)14-32-22-28-27-21(15-4-6-16(23)7-5-15)30(22)18-10-8-17(24)9-11-18/h2-13H,14H2,1H3,(H,26,31)/b25-13-. The number of aryl methyl sites for hydroxylation is 1. The molecule has 0 radical (unpaired) electrons. The van der Waals surface area contributed by atoms with Crippen molar-refractivity contribution in [3.05, 3.63) is 82.6 Å². The molecule has 0 aliphatic carbocycles. The average molecular weight is 485 g/mol. The van der Waals surface area contributed by atoms with Crippen molar-refractivity contribution in [2.75, 3.05) is 5.75 Å². The Balaban J connectivity index is 1.53. The normalized spacial score (nSPS) is 11.2. The first-order valence-corrected chi connectivity index (χ1v) is 11.3. The van der Waals surface area contributed by atoms with Crippen molar-refractivity contribution in [1.82, 2.24) is 24.8 Å². The summed E-state index contributed by atoms with van der Waals surface area (Å²) in [7, 11) is 1.90. The van der Waals surface area contributed by atoms with Crippen molar-refractivity contribution in [2.24, 2.45) is 12.1 Å². The van der Waals surface area contributed by atoms with Gasteiger partial charge in [-0.3, -0.25) is 9.36 Å². The van der Waals surface area contributed by atoms with Crippen LogP contribution in [0.15, 0.2) is 77.1 Å². The summed E-state index contributed by atoms with van der Waals surface area (Å²) in [6.45, 7) is 0. The van der Waals surface area contributed by atoms with E-state index >= 15 is 0 Å². The van der Waals surface area contributed by atoms with Crippen molar-refractivity contribution in [2.45, 2.75) is 5.16 Å². The number of benzene rings is 2. The number of hydrogen-bond donors (Lipinski definition) is 1. The summed E-state index contributed by atoms with van der Waals surface area (Å²) in [5.41, 5.74) is 5.09. The van der Waals surface area contributed by atoms with Gasteiger partial charge in [0.1, 0.15) is 0 Å². The number of carbonyl (C=O) groups excluding carboxylic acids is 1. The third kappa shape index (κ3) is 5.21. The van der Waals surface area contributed by atoms with Gasteiger partial charge in [-0.2, -0.15) is 5.10 Å². The van der Waals surface area contributed by atoms with E-state index in [4.69, 9.17) is 23.2 Å². The monoisotopic (exact) mass is 484 g/mol. The molecule has 7 nitrogen and oxygen atoms in total. The van der Waals surface area contributed by atoms with E-state index in [9.17, 15) is 4.79 Å². The van der Waals surface area contributed by atoms with E-state index in [1.165, 1.54) is 11.8 Å². The molecule has 4 aromatic rings. The molecule has 2 heterocycles. The van der Waals surface area contributed by atoms with Crippen LogP contribution in [-0.4, -0.2) is 37.2 Å². The molecule has 162 valence electrons. The number of carbonyl (C=O) groups is 1. The summed E-state index contributed by atoms with van der Waals surface area (Å²) >= 11 is 13.3. The van der Waals surface area contributed by atoms with Gasteiger partial charge in [0.05, 0.1) is 17.7 Å². The highest BCUT2D eigenvalue weighted by Crippen LogP contribution is 2.29. The van der Waals surface area contributed by atoms with Crippen LogP contribution in [0.2, 0.25) is 10.0 Å². The maximum atomic E-state index is 12.3. The van der Waals surface area contributed by atoms with Crippen LogP contribution in [0, 0.1) is 0 Å². The third-order valence-corrected chi connectivity index (χ3v) is 5.96. The van der Waals surface area contributed by atoms with Crippen LogP contribution in [0.25, 0.3) is 17.1 Å². The minimum absolute atomic E-state index is 0.122. The molecule has 2 aromatic heterocycles. The van der Waals surface area contributed by atoms with Crippen molar-refractivity contribution >= 4 is 47.1 Å². The second kappa shape index (κ2) is 10.0. The van der Waals surface area contributed by atoms with Gasteiger partial charge in [0, 0.05) is 34.5 Å². The van der Waals surface area contributed by atoms with Crippen molar-refractivity contribution < 1.29 is 4.79 Å². The van der Waals surface area contributed by atoms with Crippen LogP contribution < -0.4 is 5.43 Å². The lowest BCUT2D eigenvalue weighted by Gasteiger charge is -2.10. The Labute approximate surface area is 199 Å². The van der Waals surface area contributed by atoms with Gasteiger partial charge in [-0.25, -0.2) is 5.43 Å². The Morgan fingerprint density at radius 3 is 2.41 bits per heavy atom. The Morgan fingerprint density at radius 2 is 1.75 bits per heavy atom. The SMILES string of the molecule is Cn1cccc1/C=N\NC(=O)CSc1nnc(-c2ccc(Cl)cc2)n1-c1ccc(Cl)cc1. The number of rotatable bonds is 7. The fraction of sp³-hybridized carbons (Fsp3) is 0.0909. The highest BCUT2D eigenvalue weighted by atomic mass is 35.5. The molecular formula is C22H18Cl2N6OS. The van der Waals surface area contributed by atoms with E-state index in [1.54, 1.807) is 30.5 Å². The fourth-order valence-electron chi connectivity index (χ4n) is 2.91. The minimum atomic E-state index is -0.251. The predicted molar refractivity (Wildman–Crippen MR) is 129 cm³/mol. The molecule has 0 fully saturated rings. The van der Waals surface area contributed by atoms with Gasteiger partial charge in [0.2, 0.25) is 0 Å². The van der Waals surface area contributed by atoms with Gasteiger partial charge < -0.3 is 4.57 Å². The molecule has 0 aliphatic heterocycles. The molecule has 32 heavy (non-hydrogen) atoms. The van der Waals surface area contributed by atoms with E-state index in [-0.39, 0.29) is 11.7 Å². The molecular weight excluding hydrogens is 467 g/mol. The highest BCUT2D eigenvalue weighted by molar-refractivity contribution is 7.99. The molecule has 1 N–H and O–H groups in total. The van der Waals surface area contributed by atoms with Crippen LogP contribution in [-0.2, 0) is 11.8 Å². The zero-order chi connectivity index (χ0) is 22.5. The second-order valence-electron chi connectivity index (χ2n) is 6.75. The molecule has 0 spiro atoms. The first-order valence-electron chi connectivity index (χ1n) is 9.54. The summed E-state index contributed by atoms with van der Waals surface area (Å²) in [5.74, 6) is 0.504. The number of nitrogens with zero attached hydrogens (tertiary/aromatic N) is 5. The lowest BCUT2D eigenvalue weighted by molar-refractivity contribution is -0.118. The first kappa shape index (κ1) is 22.1. The Morgan fingerprint density at radius 1 is 1.06 bits per heavy atom. The third-order valence-electron chi connectivity index (χ3n) is 4.52. The van der Waals surface area contributed by atoms with E-state index in [1.807, 2.05) is 58.8 Å². The molecule has 0 unspecified atom stereocenters. The highest BCUT2D eigenvalue weighted by Gasteiger charge is 2.17. The Hall–Kier alpha value is -3.07. The molecule has 2 aromatic carbocycles. The molecule has 10 heteroatoms. The molecule has 0 atom stereocenters. The lowest BCUT2D eigenvalue weighted by Crippen LogP contribution is -2.20. The van der Waals surface area contributed by atoms with Crippen LogP contribution >= 0.6 is 35.0 Å². The number of amides is 1. The maximum Gasteiger partial charge on any atom is 0.250 e. The summed E-state index contributed by atoms with van der Waals surface area (Å²) in [6.07, 6.45) is 3.50. The molecule has 4 rings (SSSR count). The van der Waals surface area contributed by atoms with Crippen LogP contribution in [0.3, 0.4) is 0 Å². The number of nitrogens with one attached hydrogen (secondary N) is 1. The molecule has 0 saturated carbocycles. The number of thioether (sulfide) groups is 1. The first-order chi connectivity index (χ1) is 15.5. The maximum absolute atomic E-state index is 12.3. The second-order valence-corrected chi connectivity index (χ2v) is 8.57. The lowest BCUT2D eigenvalue weighted by atomic mass is 10.2. The van der Waals surface area contributed by atoms with E-state index in [2.05, 4.69) is 20.7 Å². The van der Waals surface area contributed by atoms with Crippen LogP contribution in [0.4, 0.5) is 0 Å². The number of aromatic nitrogens is 4. The van der Waals surface area contributed by atoms with Gasteiger partial charge in [-0.15, -0.1) is 10.2 Å². The van der Waals surface area contributed by atoms with Gasteiger partial charge in [-0.05, 0) is 60.7 Å². The van der Waals surface area contributed by atoms with Crippen LogP contribution in [0.5, 0.6) is 0 Å². The molecule has 0 aliphatic rings. The largest absolute Gasteiger partial charge is 0.350 e. The van der Waals surface area contributed by atoms with Crippen molar-refractivity contribution in [3.63, 3.8) is 0 Å². The van der Waals surface area contributed by atoms with Gasteiger partial charge in [0.15, 0.2) is 11.0 Å². The summed E-state index contributed by atoms with van der Waals surface area (Å²) in [4.78, 5) is 12.3. The zero-order valence-electron chi connectivity index (χ0n) is 16.9. The van der Waals surface area contributed by atoms with E-state index < -0.39 is 0 Å². The number of halogens is 2. The van der Waals surface area contributed by atoms with E-state index in [0.717, 1.165) is 16.9 Å². The van der Waals surface area contributed by atoms with Crippen molar-refractivity contribution in [3.8, 4) is 17.1 Å². The topological polar surface area (TPSA) is 77.1 Å². The smallest absolute Gasteiger partial charge is 0.250 e. The zero-order valence-corrected chi connectivity index (χ0v) is 19.3. The molecule has 0 bridgehead atoms. The number of hydrogen-bond acceptors (Lipinski definition) is 5. The van der Waals surface area contributed by atoms with Crippen molar-refractivity contribution in [1.29, 1.82) is 0 Å². The summed E-state index contributed by atoms with van der Waals surface area (Å²) in [5, 5.41) is 14.5. The van der Waals surface area contributed by atoms with Gasteiger partial charge in [-0.1, -0.05) is 35.0 Å². The summed E-state index contributed by atoms with van der Waals surface area (Å²) < 4.78 is 3.78. The minimum Gasteiger partial charge on any atom is -0.350 e. The van der Waals surface area contributed by atoms with Gasteiger partial charge >= 0.3 is 0 Å². The van der Waals surface area contributed by atoms with Crippen LogP contribution in [0.1, 0.15) is 5.69 Å². The predicted octanol–water partition coefficient (Wildman–Crippen LogP) is 4.82. The molecule has 1 amide bonds. The van der Waals surface area contributed by atoms with E-state index in [0.29, 0.717) is 21.0 Å². The number of hydrazone groups is 1.